The first kappa shape index (κ1) is 12.6. The first-order valence-electron chi connectivity index (χ1n) is 3.57. The van der Waals surface area contributed by atoms with Gasteiger partial charge in [-0.1, -0.05) is 0 Å². The Balaban J connectivity index is 3.38. The normalized spacial score (nSPS) is 14.2. The maximum atomic E-state index is 13.1. The molecule has 1 aromatic heterocycles. The molecule has 0 aliphatic carbocycles. The quantitative estimate of drug-likeness (QED) is 0.711. The molecule has 0 aliphatic rings. The lowest BCUT2D eigenvalue weighted by molar-refractivity contribution is -0.351. The molecular weight excluding hydrogens is 249 g/mol. The second-order valence-corrected chi connectivity index (χ2v) is 2.76. The summed E-state index contributed by atoms with van der Waals surface area (Å²) in [6.07, 6.45) is -12.4. The molecule has 0 atom stereocenters. The van der Waals surface area contributed by atoms with Crippen LogP contribution in [0.5, 0.6) is 0 Å². The second kappa shape index (κ2) is 3.28. The summed E-state index contributed by atoms with van der Waals surface area (Å²) < 4.78 is 85.6. The number of halogens is 7. The van der Waals surface area contributed by atoms with Gasteiger partial charge in [-0.25, -0.2) is 4.39 Å². The number of nitrogens with zero attached hydrogens (tertiary/aromatic N) is 4. The van der Waals surface area contributed by atoms with Gasteiger partial charge in [0.2, 0.25) is 5.82 Å². The maximum absolute atomic E-state index is 13.1. The van der Waals surface area contributed by atoms with E-state index in [9.17, 15) is 30.7 Å². The first-order valence-corrected chi connectivity index (χ1v) is 3.57. The summed E-state index contributed by atoms with van der Waals surface area (Å²) in [6, 6.07) is 0. The van der Waals surface area contributed by atoms with Crippen molar-refractivity contribution >= 4 is 0 Å². The Morgan fingerprint density at radius 3 is 1.62 bits per heavy atom. The smallest absolute Gasteiger partial charge is 0.214 e. The average molecular weight is 252 g/mol. The van der Waals surface area contributed by atoms with Gasteiger partial charge in [0.15, 0.2) is 0 Å². The Morgan fingerprint density at radius 1 is 0.938 bits per heavy atom. The van der Waals surface area contributed by atoms with Crippen molar-refractivity contribution < 1.29 is 30.7 Å². The number of tetrazole rings is 1. The fourth-order valence-electron chi connectivity index (χ4n) is 0.836. The van der Waals surface area contributed by atoms with E-state index in [1.54, 1.807) is 0 Å². The summed E-state index contributed by atoms with van der Waals surface area (Å²) in [5, 5.41) is 7.73. The molecule has 0 unspecified atom stereocenters. The summed E-state index contributed by atoms with van der Waals surface area (Å²) in [6.45, 7) is 0. The molecule has 92 valence electrons. The van der Waals surface area contributed by atoms with Gasteiger partial charge in [0.25, 0.3) is 0 Å². The lowest BCUT2D eigenvalue weighted by atomic mass is 10.1. The van der Waals surface area contributed by atoms with Crippen molar-refractivity contribution in [3.8, 4) is 0 Å². The molecule has 0 fully saturated rings. The van der Waals surface area contributed by atoms with Crippen LogP contribution in [0.3, 0.4) is 0 Å². The minimum Gasteiger partial charge on any atom is -0.214 e. The van der Waals surface area contributed by atoms with Crippen LogP contribution >= 0.6 is 0 Å². The van der Waals surface area contributed by atoms with Crippen molar-refractivity contribution in [1.82, 2.24) is 20.2 Å². The number of hydrogen-bond donors (Lipinski definition) is 0. The van der Waals surface area contributed by atoms with E-state index in [0.717, 1.165) is 7.05 Å². The molecule has 0 radical (unpaired) electrons. The molecule has 0 amide bonds. The minimum atomic E-state index is -6.21. The molecule has 0 saturated heterocycles. The summed E-state index contributed by atoms with van der Waals surface area (Å²) in [5.74, 6) is -2.09. The van der Waals surface area contributed by atoms with E-state index in [0.29, 0.717) is 4.80 Å². The zero-order valence-electron chi connectivity index (χ0n) is 7.43. The van der Waals surface area contributed by atoms with E-state index < -0.39 is 23.8 Å². The first-order chi connectivity index (χ1) is 7.00. The van der Waals surface area contributed by atoms with Crippen LogP contribution < -0.4 is 0 Å². The number of aromatic nitrogens is 4. The monoisotopic (exact) mass is 252 g/mol. The van der Waals surface area contributed by atoms with Gasteiger partial charge >= 0.3 is 18.0 Å². The van der Waals surface area contributed by atoms with Gasteiger partial charge in [0.05, 0.1) is 7.05 Å². The fraction of sp³-hybridized carbons (Fsp3) is 0.800. The van der Waals surface area contributed by atoms with Gasteiger partial charge in [-0.2, -0.15) is 31.1 Å². The summed E-state index contributed by atoms with van der Waals surface area (Å²) in [4.78, 5) is 0.293. The second-order valence-electron chi connectivity index (χ2n) is 2.76. The predicted octanol–water partition coefficient (Wildman–Crippen LogP) is 1.50. The molecule has 0 aliphatic heterocycles. The third-order valence-corrected chi connectivity index (χ3v) is 1.60. The molecule has 0 spiro atoms. The Bertz CT molecular complexity index is 363. The Kier molecular flexibility index (Phi) is 2.60. The Labute approximate surface area is 83.0 Å². The van der Waals surface area contributed by atoms with Crippen molar-refractivity contribution in [3.05, 3.63) is 5.82 Å². The average Bonchev–Trinajstić information content (AvgIpc) is 2.46. The molecule has 0 N–H and O–H groups in total. The molecule has 1 rings (SSSR count). The van der Waals surface area contributed by atoms with E-state index in [1.165, 1.54) is 0 Å². The molecule has 0 saturated carbocycles. The lowest BCUT2D eigenvalue weighted by Gasteiger charge is -2.26. The highest BCUT2D eigenvalue weighted by Gasteiger charge is 2.76. The highest BCUT2D eigenvalue weighted by molar-refractivity contribution is 5.07. The van der Waals surface area contributed by atoms with E-state index in [-0.39, 0.29) is 0 Å². The highest BCUT2D eigenvalue weighted by Crippen LogP contribution is 2.51. The molecular formula is C5H3F7N4. The number of hydrogen-bond acceptors (Lipinski definition) is 3. The van der Waals surface area contributed by atoms with Gasteiger partial charge in [-0.05, 0) is 5.21 Å². The predicted molar refractivity (Wildman–Crippen MR) is 33.7 cm³/mol. The van der Waals surface area contributed by atoms with Crippen molar-refractivity contribution in [2.75, 3.05) is 0 Å². The Morgan fingerprint density at radius 2 is 1.38 bits per heavy atom. The van der Waals surface area contributed by atoms with Crippen LogP contribution in [-0.4, -0.2) is 32.6 Å². The zero-order chi connectivity index (χ0) is 12.8. The number of rotatable bonds is 1. The summed E-state index contributed by atoms with van der Waals surface area (Å²) in [7, 11) is 0.906. The molecule has 0 bridgehead atoms. The molecule has 1 heterocycles. The molecule has 4 nitrogen and oxygen atoms in total. The van der Waals surface area contributed by atoms with Crippen LogP contribution in [0.4, 0.5) is 30.7 Å². The van der Waals surface area contributed by atoms with E-state index in [2.05, 4.69) is 15.4 Å². The minimum absolute atomic E-state index is 0.293. The zero-order valence-corrected chi connectivity index (χ0v) is 7.43. The van der Waals surface area contributed by atoms with Crippen molar-refractivity contribution in [2.24, 2.45) is 7.05 Å². The van der Waals surface area contributed by atoms with Crippen LogP contribution in [0.25, 0.3) is 0 Å². The van der Waals surface area contributed by atoms with E-state index in [4.69, 9.17) is 0 Å². The van der Waals surface area contributed by atoms with E-state index >= 15 is 0 Å². The van der Waals surface area contributed by atoms with Crippen LogP contribution in [0.1, 0.15) is 5.82 Å². The third kappa shape index (κ3) is 1.69. The van der Waals surface area contributed by atoms with Crippen molar-refractivity contribution in [1.29, 1.82) is 0 Å². The molecule has 0 aromatic carbocycles. The van der Waals surface area contributed by atoms with Gasteiger partial charge in [-0.15, -0.1) is 10.2 Å². The van der Waals surface area contributed by atoms with Gasteiger partial charge in [-0.3, -0.25) is 0 Å². The van der Waals surface area contributed by atoms with Crippen molar-refractivity contribution in [3.63, 3.8) is 0 Å². The van der Waals surface area contributed by atoms with Gasteiger partial charge in [0.1, 0.15) is 0 Å². The summed E-state index contributed by atoms with van der Waals surface area (Å²) in [5.41, 5.74) is -5.62. The largest absolute Gasteiger partial charge is 0.439 e. The van der Waals surface area contributed by atoms with Crippen LogP contribution in [0.15, 0.2) is 0 Å². The van der Waals surface area contributed by atoms with Crippen molar-refractivity contribution in [2.45, 2.75) is 18.0 Å². The maximum Gasteiger partial charge on any atom is 0.439 e. The fourth-order valence-corrected chi connectivity index (χ4v) is 0.836. The molecule has 11 heteroatoms. The van der Waals surface area contributed by atoms with Crippen LogP contribution in [-0.2, 0) is 12.7 Å². The molecule has 1 aromatic rings. The Hall–Kier alpha value is -1.42. The summed E-state index contributed by atoms with van der Waals surface area (Å²) >= 11 is 0. The highest BCUT2D eigenvalue weighted by atomic mass is 19.4. The lowest BCUT2D eigenvalue weighted by Crippen LogP contribution is -2.51. The SMILES string of the molecule is Cn1nnc(C(F)(C(F)(F)F)C(F)(F)F)n1. The van der Waals surface area contributed by atoms with Crippen LogP contribution in [0, 0.1) is 0 Å². The standard InChI is InChI=1S/C5H3F7N4/c1-16-14-2(13-15-16)3(6,4(7,8)9)5(10,11)12/h1H3. The third-order valence-electron chi connectivity index (χ3n) is 1.60. The number of alkyl halides is 7. The van der Waals surface area contributed by atoms with Gasteiger partial charge in [0, 0.05) is 0 Å². The topological polar surface area (TPSA) is 43.6 Å². The molecule has 16 heavy (non-hydrogen) atoms. The van der Waals surface area contributed by atoms with Gasteiger partial charge < -0.3 is 0 Å². The number of aryl methyl sites for hydroxylation is 1. The van der Waals surface area contributed by atoms with E-state index in [1.807, 2.05) is 0 Å². The van der Waals surface area contributed by atoms with Crippen LogP contribution in [0.2, 0.25) is 0 Å².